The third kappa shape index (κ3) is 2.57. The summed E-state index contributed by atoms with van der Waals surface area (Å²) in [6.45, 7) is 0. The van der Waals surface area contributed by atoms with Crippen LogP contribution in [0.3, 0.4) is 0 Å². The van der Waals surface area contributed by atoms with Crippen molar-refractivity contribution in [3.05, 3.63) is 71.3 Å². The SMILES string of the molecule is CNC(c1ccccc1)c1cccc(C2CCC2)c1. The Morgan fingerprint density at radius 1 is 0.947 bits per heavy atom. The Hall–Kier alpha value is -1.60. The molecule has 3 rings (SSSR count). The van der Waals surface area contributed by atoms with Crippen LogP contribution < -0.4 is 5.32 Å². The zero-order valence-corrected chi connectivity index (χ0v) is 11.5. The van der Waals surface area contributed by atoms with Crippen LogP contribution in [0.4, 0.5) is 0 Å². The number of benzene rings is 2. The average Bonchev–Trinajstić information content (AvgIpc) is 2.39. The lowest BCUT2D eigenvalue weighted by Gasteiger charge is -2.27. The molecule has 2 aromatic rings. The van der Waals surface area contributed by atoms with Crippen LogP contribution >= 0.6 is 0 Å². The van der Waals surface area contributed by atoms with E-state index in [4.69, 9.17) is 0 Å². The number of nitrogens with one attached hydrogen (secondary N) is 1. The van der Waals surface area contributed by atoms with Crippen LogP contribution in [0.2, 0.25) is 0 Å². The first-order valence-electron chi connectivity index (χ1n) is 7.20. The minimum Gasteiger partial charge on any atom is -0.309 e. The van der Waals surface area contributed by atoms with Crippen molar-refractivity contribution >= 4 is 0 Å². The molecule has 1 aliphatic carbocycles. The summed E-state index contributed by atoms with van der Waals surface area (Å²) < 4.78 is 0. The Kier molecular flexibility index (Phi) is 3.65. The lowest BCUT2D eigenvalue weighted by molar-refractivity contribution is 0.419. The van der Waals surface area contributed by atoms with E-state index in [1.807, 2.05) is 7.05 Å². The number of hydrogen-bond acceptors (Lipinski definition) is 1. The van der Waals surface area contributed by atoms with Crippen molar-refractivity contribution in [3.63, 3.8) is 0 Å². The lowest BCUT2D eigenvalue weighted by atomic mass is 9.79. The van der Waals surface area contributed by atoms with Crippen molar-refractivity contribution < 1.29 is 0 Å². The summed E-state index contributed by atoms with van der Waals surface area (Å²) in [5.41, 5.74) is 4.22. The Morgan fingerprint density at radius 3 is 2.32 bits per heavy atom. The predicted octanol–water partition coefficient (Wildman–Crippen LogP) is 4.26. The summed E-state index contributed by atoms with van der Waals surface area (Å²) in [7, 11) is 2.04. The van der Waals surface area contributed by atoms with Crippen molar-refractivity contribution in [1.29, 1.82) is 0 Å². The molecular formula is C18H21N. The first-order chi connectivity index (χ1) is 9.38. The summed E-state index contributed by atoms with van der Waals surface area (Å²) >= 11 is 0. The van der Waals surface area contributed by atoms with Gasteiger partial charge in [-0.1, -0.05) is 61.0 Å². The van der Waals surface area contributed by atoms with E-state index >= 15 is 0 Å². The minimum absolute atomic E-state index is 0.293. The van der Waals surface area contributed by atoms with Crippen molar-refractivity contribution in [2.75, 3.05) is 7.05 Å². The molecule has 1 aliphatic rings. The first-order valence-corrected chi connectivity index (χ1v) is 7.20. The maximum atomic E-state index is 3.44. The Morgan fingerprint density at radius 2 is 1.68 bits per heavy atom. The van der Waals surface area contributed by atoms with E-state index in [1.54, 1.807) is 0 Å². The van der Waals surface area contributed by atoms with Crippen molar-refractivity contribution in [1.82, 2.24) is 5.32 Å². The molecule has 19 heavy (non-hydrogen) atoms. The van der Waals surface area contributed by atoms with Gasteiger partial charge in [0, 0.05) is 0 Å². The molecule has 0 amide bonds. The van der Waals surface area contributed by atoms with Crippen LogP contribution in [0.1, 0.15) is 47.9 Å². The molecule has 1 nitrogen and oxygen atoms in total. The molecule has 0 spiro atoms. The van der Waals surface area contributed by atoms with E-state index in [0.29, 0.717) is 6.04 Å². The van der Waals surface area contributed by atoms with E-state index in [9.17, 15) is 0 Å². The van der Waals surface area contributed by atoms with Gasteiger partial charge < -0.3 is 5.32 Å². The Balaban J connectivity index is 1.91. The van der Waals surface area contributed by atoms with Crippen LogP contribution in [-0.2, 0) is 0 Å². The van der Waals surface area contributed by atoms with Gasteiger partial charge in [-0.2, -0.15) is 0 Å². The van der Waals surface area contributed by atoms with Crippen LogP contribution in [0.5, 0.6) is 0 Å². The second kappa shape index (κ2) is 5.58. The Bertz CT molecular complexity index is 528. The van der Waals surface area contributed by atoms with Crippen LogP contribution in [0, 0.1) is 0 Å². The van der Waals surface area contributed by atoms with E-state index in [1.165, 1.54) is 36.0 Å². The maximum absolute atomic E-state index is 3.44. The Labute approximate surface area is 115 Å². The number of hydrogen-bond donors (Lipinski definition) is 1. The molecule has 0 bridgehead atoms. The number of rotatable bonds is 4. The summed E-state index contributed by atoms with van der Waals surface area (Å²) in [5.74, 6) is 0.799. The highest BCUT2D eigenvalue weighted by Crippen LogP contribution is 2.37. The zero-order chi connectivity index (χ0) is 13.1. The molecule has 0 saturated heterocycles. The summed E-state index contributed by atoms with van der Waals surface area (Å²) in [5, 5.41) is 3.44. The zero-order valence-electron chi connectivity index (χ0n) is 11.5. The van der Waals surface area contributed by atoms with E-state index in [0.717, 1.165) is 5.92 Å². The third-order valence-electron chi connectivity index (χ3n) is 4.24. The van der Waals surface area contributed by atoms with Gasteiger partial charge in [-0.05, 0) is 42.5 Å². The second-order valence-electron chi connectivity index (χ2n) is 5.43. The first kappa shape index (κ1) is 12.4. The van der Waals surface area contributed by atoms with Crippen molar-refractivity contribution in [2.24, 2.45) is 0 Å². The fourth-order valence-corrected chi connectivity index (χ4v) is 2.91. The van der Waals surface area contributed by atoms with Crippen LogP contribution in [0.15, 0.2) is 54.6 Å². The summed E-state index contributed by atoms with van der Waals surface area (Å²) in [4.78, 5) is 0. The predicted molar refractivity (Wildman–Crippen MR) is 80.4 cm³/mol. The molecule has 0 aliphatic heterocycles. The highest BCUT2D eigenvalue weighted by Gasteiger charge is 2.20. The van der Waals surface area contributed by atoms with Crippen molar-refractivity contribution in [3.8, 4) is 0 Å². The highest BCUT2D eigenvalue weighted by molar-refractivity contribution is 5.35. The van der Waals surface area contributed by atoms with E-state index < -0.39 is 0 Å². The maximum Gasteiger partial charge on any atom is 0.0574 e. The molecule has 1 unspecified atom stereocenters. The topological polar surface area (TPSA) is 12.0 Å². The van der Waals surface area contributed by atoms with Gasteiger partial charge in [0.1, 0.15) is 0 Å². The van der Waals surface area contributed by atoms with Gasteiger partial charge >= 0.3 is 0 Å². The molecule has 1 N–H and O–H groups in total. The van der Waals surface area contributed by atoms with Gasteiger partial charge in [-0.15, -0.1) is 0 Å². The van der Waals surface area contributed by atoms with Gasteiger partial charge in [0.15, 0.2) is 0 Å². The van der Waals surface area contributed by atoms with Crippen molar-refractivity contribution in [2.45, 2.75) is 31.2 Å². The molecule has 98 valence electrons. The normalized spacial score (nSPS) is 16.9. The van der Waals surface area contributed by atoms with E-state index in [-0.39, 0.29) is 0 Å². The van der Waals surface area contributed by atoms with Gasteiger partial charge in [-0.25, -0.2) is 0 Å². The standard InChI is InChI=1S/C18H21N/c1-19-18(15-7-3-2-4-8-15)17-12-6-11-16(13-17)14-9-5-10-14/h2-4,6-8,11-14,18-19H,5,9-10H2,1H3. The quantitative estimate of drug-likeness (QED) is 0.856. The average molecular weight is 251 g/mol. The lowest BCUT2D eigenvalue weighted by Crippen LogP contribution is -2.18. The fourth-order valence-electron chi connectivity index (χ4n) is 2.91. The van der Waals surface area contributed by atoms with Crippen LogP contribution in [-0.4, -0.2) is 7.05 Å². The minimum atomic E-state index is 0.293. The van der Waals surface area contributed by atoms with E-state index in [2.05, 4.69) is 59.9 Å². The molecule has 2 aromatic carbocycles. The molecule has 0 heterocycles. The molecule has 0 radical (unpaired) electrons. The molecule has 1 heteroatoms. The van der Waals surface area contributed by atoms with Gasteiger partial charge in [0.05, 0.1) is 6.04 Å². The van der Waals surface area contributed by atoms with Crippen LogP contribution in [0.25, 0.3) is 0 Å². The molecule has 0 aromatic heterocycles. The smallest absolute Gasteiger partial charge is 0.0574 e. The molecule has 1 atom stereocenters. The largest absolute Gasteiger partial charge is 0.309 e. The van der Waals surface area contributed by atoms with Gasteiger partial charge in [-0.3, -0.25) is 0 Å². The highest BCUT2D eigenvalue weighted by atomic mass is 14.9. The summed E-state index contributed by atoms with van der Waals surface area (Å²) in [6.07, 6.45) is 4.11. The monoisotopic (exact) mass is 251 g/mol. The van der Waals surface area contributed by atoms with Gasteiger partial charge in [0.25, 0.3) is 0 Å². The van der Waals surface area contributed by atoms with Gasteiger partial charge in [0.2, 0.25) is 0 Å². The molecule has 1 fully saturated rings. The third-order valence-corrected chi connectivity index (χ3v) is 4.24. The summed E-state index contributed by atoms with van der Waals surface area (Å²) in [6, 6.07) is 20.1. The molecule has 1 saturated carbocycles. The molecular weight excluding hydrogens is 230 g/mol. The fraction of sp³-hybridized carbons (Fsp3) is 0.333. The second-order valence-corrected chi connectivity index (χ2v) is 5.43.